The largest absolute Gasteiger partial charge is 0.494 e. The lowest BCUT2D eigenvalue weighted by molar-refractivity contribution is 0.340. The molecule has 2 aromatic carbocycles. The van der Waals surface area contributed by atoms with Crippen molar-refractivity contribution in [3.63, 3.8) is 0 Å². The lowest BCUT2D eigenvalue weighted by Gasteiger charge is -2.11. The van der Waals surface area contributed by atoms with Gasteiger partial charge in [-0.2, -0.15) is 0 Å². The van der Waals surface area contributed by atoms with E-state index in [0.29, 0.717) is 23.8 Å². The Hall–Kier alpha value is -4.09. The van der Waals surface area contributed by atoms with E-state index in [1.807, 2.05) is 31.2 Å². The van der Waals surface area contributed by atoms with Gasteiger partial charge in [0.2, 0.25) is 5.95 Å². The van der Waals surface area contributed by atoms with Crippen LogP contribution in [0.15, 0.2) is 72.0 Å². The topological polar surface area (TPSA) is 119 Å². The van der Waals surface area contributed by atoms with E-state index < -0.39 is 10.0 Å². The highest BCUT2D eigenvalue weighted by Gasteiger charge is 2.18. The summed E-state index contributed by atoms with van der Waals surface area (Å²) in [5.74, 6) is 1.48. The number of sulfonamides is 1. The zero-order chi connectivity index (χ0) is 26.0. The molecule has 3 aromatic heterocycles. The third-order valence-corrected chi connectivity index (χ3v) is 7.92. The smallest absolute Gasteiger partial charge is 0.264 e. The predicted molar refractivity (Wildman–Crippen MR) is 146 cm³/mol. The van der Waals surface area contributed by atoms with Crippen molar-refractivity contribution in [1.29, 1.82) is 0 Å². The minimum Gasteiger partial charge on any atom is -0.494 e. The zero-order valence-corrected chi connectivity index (χ0v) is 22.0. The first-order valence-electron chi connectivity index (χ1n) is 11.5. The van der Waals surface area contributed by atoms with Gasteiger partial charge < -0.3 is 10.1 Å². The summed E-state index contributed by atoms with van der Waals surface area (Å²) in [6.45, 7) is 6.39. The molecule has 0 fully saturated rings. The molecule has 5 aromatic rings. The number of nitrogens with zero attached hydrogens (tertiary/aromatic N) is 4. The van der Waals surface area contributed by atoms with Gasteiger partial charge in [0.05, 0.1) is 16.9 Å². The van der Waals surface area contributed by atoms with Gasteiger partial charge in [-0.15, -0.1) is 11.3 Å². The van der Waals surface area contributed by atoms with Crippen LogP contribution in [0, 0.1) is 13.8 Å². The van der Waals surface area contributed by atoms with Gasteiger partial charge in [-0.3, -0.25) is 0 Å². The molecule has 0 radical (unpaired) electrons. The number of hydrogen-bond donors (Lipinski definition) is 2. The van der Waals surface area contributed by atoms with E-state index in [0.717, 1.165) is 32.0 Å². The van der Waals surface area contributed by atoms with Crippen LogP contribution >= 0.6 is 11.3 Å². The molecule has 9 nitrogen and oxygen atoms in total. The molecule has 0 atom stereocenters. The second-order valence-corrected chi connectivity index (χ2v) is 11.1. The number of benzene rings is 2. The number of anilines is 3. The number of rotatable bonds is 8. The molecule has 37 heavy (non-hydrogen) atoms. The Balaban J connectivity index is 1.44. The molecule has 3 heterocycles. The Morgan fingerprint density at radius 3 is 2.41 bits per heavy atom. The molecule has 0 aliphatic rings. The van der Waals surface area contributed by atoms with Crippen molar-refractivity contribution < 1.29 is 13.2 Å². The summed E-state index contributed by atoms with van der Waals surface area (Å²) < 4.78 is 33.6. The number of nitrogens with one attached hydrogen (secondary N) is 2. The molecule has 0 saturated carbocycles. The highest BCUT2D eigenvalue weighted by atomic mass is 32.2. The highest BCUT2D eigenvalue weighted by Crippen LogP contribution is 2.41. The van der Waals surface area contributed by atoms with Crippen LogP contribution < -0.4 is 14.8 Å². The number of thiophene rings is 1. The summed E-state index contributed by atoms with van der Waals surface area (Å²) in [4.78, 5) is 19.1. The summed E-state index contributed by atoms with van der Waals surface area (Å²) in [5, 5.41) is 4.24. The summed E-state index contributed by atoms with van der Waals surface area (Å²) in [6, 6.07) is 16.1. The summed E-state index contributed by atoms with van der Waals surface area (Å²) >= 11 is 1.60. The first-order chi connectivity index (χ1) is 17.8. The van der Waals surface area contributed by atoms with E-state index in [1.54, 1.807) is 36.5 Å². The molecule has 188 valence electrons. The Kier molecular flexibility index (Phi) is 6.72. The molecule has 0 saturated heterocycles. The van der Waals surface area contributed by atoms with E-state index in [1.165, 1.54) is 24.7 Å². The Morgan fingerprint density at radius 1 is 0.946 bits per heavy atom. The summed E-state index contributed by atoms with van der Waals surface area (Å²) in [7, 11) is -3.84. The second kappa shape index (κ2) is 10.1. The Morgan fingerprint density at radius 2 is 1.70 bits per heavy atom. The third kappa shape index (κ3) is 5.23. The lowest BCUT2D eigenvalue weighted by atomic mass is 10.0. The van der Waals surface area contributed by atoms with Crippen molar-refractivity contribution in [3.05, 3.63) is 77.7 Å². The van der Waals surface area contributed by atoms with Gasteiger partial charge in [0, 0.05) is 28.0 Å². The summed E-state index contributed by atoms with van der Waals surface area (Å²) in [5.41, 5.74) is 3.44. The summed E-state index contributed by atoms with van der Waals surface area (Å²) in [6.07, 6.45) is 3.02. The van der Waals surface area contributed by atoms with Crippen LogP contribution in [0.4, 0.5) is 17.5 Å². The average molecular weight is 533 g/mol. The fourth-order valence-electron chi connectivity index (χ4n) is 3.90. The Bertz CT molecular complexity index is 1670. The van der Waals surface area contributed by atoms with Crippen molar-refractivity contribution in [2.45, 2.75) is 25.7 Å². The van der Waals surface area contributed by atoms with Gasteiger partial charge in [-0.05, 0) is 68.8 Å². The zero-order valence-electron chi connectivity index (χ0n) is 20.4. The number of hydrogen-bond acceptors (Lipinski definition) is 9. The van der Waals surface area contributed by atoms with Gasteiger partial charge in [0.1, 0.15) is 22.7 Å². The van der Waals surface area contributed by atoms with Crippen LogP contribution in [-0.4, -0.2) is 35.0 Å². The maximum absolute atomic E-state index is 12.8. The predicted octanol–water partition coefficient (Wildman–Crippen LogP) is 5.71. The number of ether oxygens (including phenoxy) is 1. The number of fused-ring (bicyclic) bond motifs is 1. The molecule has 11 heteroatoms. The van der Waals surface area contributed by atoms with Gasteiger partial charge in [0.15, 0.2) is 0 Å². The fourth-order valence-corrected chi connectivity index (χ4v) is 5.87. The molecular weight excluding hydrogens is 508 g/mol. The molecule has 0 spiro atoms. The van der Waals surface area contributed by atoms with E-state index >= 15 is 0 Å². The minimum absolute atomic E-state index is 0.0280. The van der Waals surface area contributed by atoms with Crippen LogP contribution in [0.1, 0.15) is 17.5 Å². The van der Waals surface area contributed by atoms with Crippen molar-refractivity contribution in [2.75, 3.05) is 16.6 Å². The monoisotopic (exact) mass is 532 g/mol. The van der Waals surface area contributed by atoms with Crippen LogP contribution in [0.3, 0.4) is 0 Å². The molecule has 0 unspecified atom stereocenters. The Labute approximate surface area is 218 Å². The van der Waals surface area contributed by atoms with E-state index in [-0.39, 0.29) is 10.8 Å². The minimum atomic E-state index is -3.84. The molecule has 0 aliphatic carbocycles. The maximum atomic E-state index is 12.8. The van der Waals surface area contributed by atoms with Crippen LogP contribution in [0.2, 0.25) is 0 Å². The van der Waals surface area contributed by atoms with E-state index in [9.17, 15) is 8.42 Å². The first-order valence-corrected chi connectivity index (χ1v) is 13.8. The quantitative estimate of drug-likeness (QED) is 0.261. The third-order valence-electron chi connectivity index (χ3n) is 5.57. The molecule has 2 N–H and O–H groups in total. The van der Waals surface area contributed by atoms with E-state index in [2.05, 4.69) is 36.9 Å². The van der Waals surface area contributed by atoms with E-state index in [4.69, 9.17) is 4.74 Å². The molecule has 5 rings (SSSR count). The number of aryl methyl sites for hydroxylation is 2. The molecular formula is C26H24N6O3S2. The lowest BCUT2D eigenvalue weighted by Crippen LogP contribution is -2.15. The van der Waals surface area contributed by atoms with Crippen LogP contribution in [-0.2, 0) is 10.0 Å². The van der Waals surface area contributed by atoms with Crippen LogP contribution in [0.25, 0.3) is 21.3 Å². The normalized spacial score (nSPS) is 11.4. The first kappa shape index (κ1) is 24.6. The van der Waals surface area contributed by atoms with Crippen molar-refractivity contribution >= 4 is 49.0 Å². The van der Waals surface area contributed by atoms with Gasteiger partial charge in [0.25, 0.3) is 10.0 Å². The highest BCUT2D eigenvalue weighted by molar-refractivity contribution is 7.92. The van der Waals surface area contributed by atoms with Crippen molar-refractivity contribution in [3.8, 4) is 16.9 Å². The standard InChI is InChI=1S/C26H24N6O3S2/c1-4-35-20-9-5-18(6-10-20)22-17(3)36-25-23(22)24(28-15-29-25)31-19-7-11-21(12-8-19)37(33,34)32-26-27-14-13-16(2)30-26/h5-15H,4H2,1-3H3,(H,27,30,32)(H,28,29,31). The molecule has 0 amide bonds. The maximum Gasteiger partial charge on any atom is 0.264 e. The number of aromatic nitrogens is 4. The van der Waals surface area contributed by atoms with Crippen molar-refractivity contribution in [1.82, 2.24) is 19.9 Å². The second-order valence-electron chi connectivity index (χ2n) is 8.17. The fraction of sp³-hybridized carbons (Fsp3) is 0.154. The van der Waals surface area contributed by atoms with Gasteiger partial charge in [-0.25, -0.2) is 33.1 Å². The van der Waals surface area contributed by atoms with Crippen LogP contribution in [0.5, 0.6) is 5.75 Å². The van der Waals surface area contributed by atoms with Gasteiger partial charge >= 0.3 is 0 Å². The molecule has 0 bridgehead atoms. The average Bonchev–Trinajstić information content (AvgIpc) is 3.21. The van der Waals surface area contributed by atoms with Gasteiger partial charge in [-0.1, -0.05) is 12.1 Å². The van der Waals surface area contributed by atoms with Crippen molar-refractivity contribution in [2.24, 2.45) is 0 Å². The molecule has 0 aliphatic heterocycles. The SMILES string of the molecule is CCOc1ccc(-c2c(C)sc3ncnc(Nc4ccc(S(=O)(=O)Nc5nccc(C)n5)cc4)c23)cc1.